The van der Waals surface area contributed by atoms with Crippen molar-refractivity contribution in [3.05, 3.63) is 117 Å². The summed E-state index contributed by atoms with van der Waals surface area (Å²) in [5.74, 6) is 0.547. The number of aryl methyl sites for hydroxylation is 1. The van der Waals surface area contributed by atoms with E-state index in [1.165, 1.54) is 5.57 Å². The fourth-order valence-electron chi connectivity index (χ4n) is 5.22. The van der Waals surface area contributed by atoms with Gasteiger partial charge in [0.25, 0.3) is 0 Å². The summed E-state index contributed by atoms with van der Waals surface area (Å²) in [5.41, 5.74) is 6.38. The lowest BCUT2D eigenvalue weighted by molar-refractivity contribution is 0.0697. The largest absolute Gasteiger partial charge is 0.487 e. The monoisotopic (exact) mass is 601 g/mol. The van der Waals surface area contributed by atoms with E-state index in [4.69, 9.17) is 32.9 Å². The van der Waals surface area contributed by atoms with E-state index in [0.29, 0.717) is 35.5 Å². The van der Waals surface area contributed by atoms with Crippen molar-refractivity contribution in [2.24, 2.45) is 0 Å². The second-order valence-electron chi connectivity index (χ2n) is 10.4. The molecule has 42 heavy (non-hydrogen) atoms. The number of likely N-dealkylation sites (tertiary alicyclic amines) is 1. The minimum absolute atomic E-state index is 0.247. The maximum absolute atomic E-state index is 11.7. The third-order valence-corrected chi connectivity index (χ3v) is 7.89. The number of hydrogen-bond donors (Lipinski definition) is 1. The zero-order valence-corrected chi connectivity index (χ0v) is 24.5. The molecule has 0 saturated carbocycles. The Morgan fingerprint density at radius 3 is 2.71 bits per heavy atom. The predicted molar refractivity (Wildman–Crippen MR) is 164 cm³/mol. The molecule has 1 fully saturated rings. The van der Waals surface area contributed by atoms with Crippen LogP contribution in [-0.4, -0.2) is 48.2 Å². The second-order valence-corrected chi connectivity index (χ2v) is 11.2. The lowest BCUT2D eigenvalue weighted by Crippen LogP contribution is -2.40. The minimum Gasteiger partial charge on any atom is -0.487 e. The fourth-order valence-corrected chi connectivity index (χ4v) is 5.69. The maximum atomic E-state index is 11.7. The topological polar surface area (TPSA) is 85.4 Å². The number of carboxylic acid groups (broad SMARTS) is 1. The molecule has 0 spiro atoms. The highest BCUT2D eigenvalue weighted by molar-refractivity contribution is 6.35. The van der Waals surface area contributed by atoms with Crippen LogP contribution in [0.2, 0.25) is 10.0 Å². The van der Waals surface area contributed by atoms with Crippen LogP contribution >= 0.6 is 23.2 Å². The summed E-state index contributed by atoms with van der Waals surface area (Å²) >= 11 is 12.2. The van der Waals surface area contributed by atoms with Crippen molar-refractivity contribution in [1.29, 1.82) is 0 Å². The molecule has 1 saturated heterocycles. The van der Waals surface area contributed by atoms with E-state index >= 15 is 0 Å². The van der Waals surface area contributed by atoms with Gasteiger partial charge in [0.1, 0.15) is 18.2 Å². The summed E-state index contributed by atoms with van der Waals surface area (Å²) in [5, 5.41) is 10.6. The van der Waals surface area contributed by atoms with E-state index in [9.17, 15) is 9.90 Å². The summed E-state index contributed by atoms with van der Waals surface area (Å²) < 4.78 is 10.1. The molecule has 0 bridgehead atoms. The zero-order valence-electron chi connectivity index (χ0n) is 23.0. The highest BCUT2D eigenvalue weighted by atomic mass is 35.5. The Balaban J connectivity index is 1.15. The highest BCUT2D eigenvalue weighted by Crippen LogP contribution is 2.29. The van der Waals surface area contributed by atoms with Gasteiger partial charge >= 0.3 is 5.97 Å². The second kappa shape index (κ2) is 12.0. The Bertz CT molecular complexity index is 1800. The van der Waals surface area contributed by atoms with E-state index in [1.54, 1.807) is 36.4 Å². The first-order valence-electron chi connectivity index (χ1n) is 13.7. The number of aromatic nitrogens is 4. The van der Waals surface area contributed by atoms with Gasteiger partial charge in [0.2, 0.25) is 0 Å². The van der Waals surface area contributed by atoms with Crippen molar-refractivity contribution >= 4 is 46.3 Å². The fraction of sp³-hybridized carbons (Fsp3) is 0.219. The number of imidazole rings is 2. The maximum Gasteiger partial charge on any atom is 0.335 e. The Morgan fingerprint density at radius 1 is 1.07 bits per heavy atom. The molecule has 3 aromatic carbocycles. The SMILES string of the molecule is CCn1cncc1Cn1c(CN2CC(=Cc3cccc(COc4ccc(Cl)cc4Cl)c3)C2)nc2ccc(C(=O)O)cc21. The van der Waals surface area contributed by atoms with Crippen molar-refractivity contribution in [3.63, 3.8) is 0 Å². The number of halogens is 2. The highest BCUT2D eigenvalue weighted by Gasteiger charge is 2.24. The quantitative estimate of drug-likeness (QED) is 0.190. The summed E-state index contributed by atoms with van der Waals surface area (Å²) in [6, 6.07) is 18.6. The first-order valence-corrected chi connectivity index (χ1v) is 14.4. The van der Waals surface area contributed by atoms with Gasteiger partial charge in [-0.3, -0.25) is 4.90 Å². The first kappa shape index (κ1) is 28.0. The Kier molecular flexibility index (Phi) is 8.02. The summed E-state index contributed by atoms with van der Waals surface area (Å²) in [7, 11) is 0. The van der Waals surface area contributed by atoms with Gasteiger partial charge in [-0.1, -0.05) is 47.5 Å². The first-order chi connectivity index (χ1) is 20.4. The number of rotatable bonds is 10. The zero-order chi connectivity index (χ0) is 29.2. The molecule has 5 aromatic rings. The molecule has 0 atom stereocenters. The third-order valence-electron chi connectivity index (χ3n) is 7.36. The van der Waals surface area contributed by atoms with Crippen molar-refractivity contribution in [2.45, 2.75) is 33.2 Å². The van der Waals surface area contributed by atoms with E-state index in [-0.39, 0.29) is 5.56 Å². The molecular weight excluding hydrogens is 573 g/mol. The number of ether oxygens (including phenoxy) is 1. The Labute approximate surface area is 253 Å². The van der Waals surface area contributed by atoms with Gasteiger partial charge in [-0.2, -0.15) is 0 Å². The number of hydrogen-bond acceptors (Lipinski definition) is 5. The van der Waals surface area contributed by atoms with Crippen molar-refractivity contribution in [2.75, 3.05) is 13.1 Å². The van der Waals surface area contributed by atoms with Gasteiger partial charge in [-0.15, -0.1) is 0 Å². The standard InChI is InChI=1S/C32H29Cl2N5O3/c1-2-38-20-35-14-26(38)17-39-29-12-24(32(40)41)6-8-28(29)36-31(39)18-37-15-23(16-37)11-21-4-3-5-22(10-21)19-42-30-9-7-25(33)13-27(30)34/h3-14,20H,2,15-19H2,1H3,(H,40,41). The molecule has 0 amide bonds. The number of carboxylic acids is 1. The number of carbonyl (C=O) groups is 1. The van der Waals surface area contributed by atoms with E-state index < -0.39 is 5.97 Å². The average Bonchev–Trinajstić information content (AvgIpc) is 3.55. The molecule has 1 aliphatic rings. The molecule has 1 aliphatic heterocycles. The summed E-state index contributed by atoms with van der Waals surface area (Å²) in [6.07, 6.45) is 5.89. The molecule has 2 aromatic heterocycles. The lowest BCUT2D eigenvalue weighted by Gasteiger charge is -2.34. The normalized spacial score (nSPS) is 13.4. The molecule has 8 nitrogen and oxygen atoms in total. The van der Waals surface area contributed by atoms with Gasteiger partial charge in [0, 0.05) is 30.9 Å². The Morgan fingerprint density at radius 2 is 1.93 bits per heavy atom. The van der Waals surface area contributed by atoms with Gasteiger partial charge < -0.3 is 19.0 Å². The van der Waals surface area contributed by atoms with Crippen molar-refractivity contribution < 1.29 is 14.6 Å². The molecular formula is C32H29Cl2N5O3. The predicted octanol–water partition coefficient (Wildman–Crippen LogP) is 6.78. The number of benzene rings is 3. The molecule has 0 unspecified atom stereocenters. The van der Waals surface area contributed by atoms with Crippen LogP contribution in [0.5, 0.6) is 5.75 Å². The molecule has 1 N–H and O–H groups in total. The van der Waals surface area contributed by atoms with Gasteiger partial charge in [0.05, 0.1) is 46.7 Å². The van der Waals surface area contributed by atoms with Crippen LogP contribution in [-0.2, 0) is 26.2 Å². The van der Waals surface area contributed by atoms with Crippen LogP contribution in [0.1, 0.15) is 39.9 Å². The van der Waals surface area contributed by atoms with Crippen LogP contribution in [0.3, 0.4) is 0 Å². The smallest absolute Gasteiger partial charge is 0.335 e. The summed E-state index contributed by atoms with van der Waals surface area (Å²) in [4.78, 5) is 23.2. The molecule has 0 aliphatic carbocycles. The number of nitrogens with zero attached hydrogens (tertiary/aromatic N) is 5. The lowest BCUT2D eigenvalue weighted by atomic mass is 10.0. The van der Waals surface area contributed by atoms with Crippen LogP contribution in [0.4, 0.5) is 0 Å². The van der Waals surface area contributed by atoms with E-state index in [1.807, 2.05) is 24.7 Å². The number of fused-ring (bicyclic) bond motifs is 1. The van der Waals surface area contributed by atoms with Crippen molar-refractivity contribution in [1.82, 2.24) is 24.0 Å². The van der Waals surface area contributed by atoms with Gasteiger partial charge in [-0.25, -0.2) is 14.8 Å². The van der Waals surface area contributed by atoms with Crippen LogP contribution < -0.4 is 4.74 Å². The Hall–Kier alpha value is -4.11. The molecule has 214 valence electrons. The number of aromatic carboxylic acids is 1. The van der Waals surface area contributed by atoms with E-state index in [2.05, 4.69) is 44.2 Å². The molecule has 6 rings (SSSR count). The van der Waals surface area contributed by atoms with E-state index in [0.717, 1.165) is 53.3 Å². The summed E-state index contributed by atoms with van der Waals surface area (Å²) in [6.45, 7) is 6.17. The minimum atomic E-state index is -0.952. The average molecular weight is 603 g/mol. The van der Waals surface area contributed by atoms with Crippen LogP contribution in [0.25, 0.3) is 17.1 Å². The van der Waals surface area contributed by atoms with Crippen LogP contribution in [0.15, 0.2) is 78.8 Å². The van der Waals surface area contributed by atoms with Gasteiger partial charge in [-0.05, 0) is 66.1 Å². The molecule has 0 radical (unpaired) electrons. The molecule has 10 heteroatoms. The van der Waals surface area contributed by atoms with Gasteiger partial charge in [0.15, 0.2) is 0 Å². The van der Waals surface area contributed by atoms with Crippen LogP contribution in [0, 0.1) is 0 Å². The molecule has 3 heterocycles. The van der Waals surface area contributed by atoms with Crippen molar-refractivity contribution in [3.8, 4) is 5.75 Å². The third kappa shape index (κ3) is 6.06.